The van der Waals surface area contributed by atoms with Crippen LogP contribution in [0.3, 0.4) is 0 Å². The van der Waals surface area contributed by atoms with Crippen LogP contribution in [0.5, 0.6) is 0 Å². The monoisotopic (exact) mass is 426 g/mol. The van der Waals surface area contributed by atoms with Gasteiger partial charge in [0.1, 0.15) is 0 Å². The second-order valence-corrected chi connectivity index (χ2v) is 7.43. The summed E-state index contributed by atoms with van der Waals surface area (Å²) in [6.07, 6.45) is 15.5. The molecular weight excluding hydrogens is 403 g/mol. The van der Waals surface area contributed by atoms with E-state index in [1.54, 1.807) is 0 Å². The number of hydrogen-bond acceptors (Lipinski definition) is 4. The molecule has 0 saturated heterocycles. The average Bonchev–Trinajstić information content (AvgIpc) is 3.00. The van der Waals surface area contributed by atoms with Crippen LogP contribution >= 0.6 is 0 Å². The van der Waals surface area contributed by atoms with Crippen LogP contribution in [0.15, 0.2) is 43.9 Å². The molecule has 0 N–H and O–H groups in total. The minimum atomic E-state index is 0. The summed E-state index contributed by atoms with van der Waals surface area (Å²) >= 11 is 20.4. The van der Waals surface area contributed by atoms with E-state index in [1.165, 1.54) is 38.5 Å². The van der Waals surface area contributed by atoms with E-state index in [4.69, 9.17) is 50.5 Å². The van der Waals surface area contributed by atoms with Crippen molar-refractivity contribution in [1.82, 2.24) is 0 Å². The maximum atomic E-state index is 5.17. The Balaban J connectivity index is 0.000000403. The summed E-state index contributed by atoms with van der Waals surface area (Å²) in [5, 5.41) is 0. The maximum Gasteiger partial charge on any atom is 0 e. The molecule has 2 rings (SSSR count). The molecule has 2 aliphatic carbocycles. The summed E-state index contributed by atoms with van der Waals surface area (Å²) < 4.78 is 0. The van der Waals surface area contributed by atoms with Gasteiger partial charge in [0.2, 0.25) is 0 Å². The van der Waals surface area contributed by atoms with Crippen molar-refractivity contribution < 1.29 is 16.5 Å². The molecule has 0 saturated carbocycles. The van der Waals surface area contributed by atoms with E-state index in [9.17, 15) is 0 Å². The quantitative estimate of drug-likeness (QED) is 0.415. The van der Waals surface area contributed by atoms with E-state index in [0.717, 1.165) is 19.6 Å². The van der Waals surface area contributed by atoms with Gasteiger partial charge in [-0.3, -0.25) is 0 Å². The third-order valence-electron chi connectivity index (χ3n) is 3.86. The van der Waals surface area contributed by atoms with Crippen LogP contribution in [-0.2, 0) is 67.0 Å². The van der Waals surface area contributed by atoms with E-state index in [1.807, 2.05) is 12.2 Å². The van der Waals surface area contributed by atoms with Gasteiger partial charge in [0.15, 0.2) is 0 Å². The minimum absolute atomic E-state index is 0. The molecule has 0 aliphatic heterocycles. The standard InChI is InChI=1S/2C9H14S2.Ni/c2*1-2-3-4-7-5-6-8(10)9(7)11;/h2*5-7,10-11H,2-4H2,1H3;/p-4. The predicted octanol–water partition coefficient (Wildman–Crippen LogP) is 5.33. The Hall–Kier alpha value is 0.334. The molecule has 0 aromatic rings. The van der Waals surface area contributed by atoms with Crippen molar-refractivity contribution in [1.29, 1.82) is 0 Å². The summed E-state index contributed by atoms with van der Waals surface area (Å²) in [7, 11) is 0. The fraction of sp³-hybridized carbons (Fsp3) is 0.556. The first-order valence-electron chi connectivity index (χ1n) is 8.04. The summed E-state index contributed by atoms with van der Waals surface area (Å²) in [6.45, 7) is 4.39. The zero-order valence-corrected chi connectivity index (χ0v) is 17.9. The number of allylic oxidation sites excluding steroid dienone is 6. The molecule has 2 atom stereocenters. The van der Waals surface area contributed by atoms with Gasteiger partial charge in [-0.1, -0.05) is 63.8 Å². The molecule has 0 aromatic carbocycles. The van der Waals surface area contributed by atoms with Gasteiger partial charge in [-0.25, -0.2) is 9.81 Å². The summed E-state index contributed by atoms with van der Waals surface area (Å²) in [5.41, 5.74) is 0. The predicted molar refractivity (Wildman–Crippen MR) is 108 cm³/mol. The first-order chi connectivity index (χ1) is 10.5. The number of rotatable bonds is 6. The van der Waals surface area contributed by atoms with Crippen LogP contribution in [0.25, 0.3) is 0 Å². The molecule has 0 nitrogen and oxygen atoms in total. The minimum Gasteiger partial charge on any atom is -0.785 e. The first kappa shape index (κ1) is 23.3. The van der Waals surface area contributed by atoms with Gasteiger partial charge in [0.25, 0.3) is 0 Å². The van der Waals surface area contributed by atoms with Crippen LogP contribution < -0.4 is 0 Å². The fourth-order valence-electron chi connectivity index (χ4n) is 2.41. The Bertz CT molecular complexity index is 433. The molecule has 23 heavy (non-hydrogen) atoms. The smallest absolute Gasteiger partial charge is 0 e. The molecule has 134 valence electrons. The maximum absolute atomic E-state index is 5.17. The average molecular weight is 427 g/mol. The van der Waals surface area contributed by atoms with Crippen LogP contribution in [0.2, 0.25) is 0 Å². The van der Waals surface area contributed by atoms with Crippen LogP contribution in [0, 0.1) is 11.8 Å². The van der Waals surface area contributed by atoms with Crippen LogP contribution in [0.4, 0.5) is 0 Å². The zero-order valence-electron chi connectivity index (χ0n) is 13.7. The van der Waals surface area contributed by atoms with Crippen LogP contribution in [-0.4, -0.2) is 0 Å². The Morgan fingerprint density at radius 2 is 1.09 bits per heavy atom. The zero-order chi connectivity index (χ0) is 16.5. The Kier molecular flexibility index (Phi) is 12.8. The molecule has 2 unspecified atom stereocenters. The van der Waals surface area contributed by atoms with Crippen molar-refractivity contribution in [2.45, 2.75) is 52.4 Å². The van der Waals surface area contributed by atoms with Crippen molar-refractivity contribution in [2.75, 3.05) is 0 Å². The molecule has 5 heteroatoms. The SMILES string of the molecule is CCCCC1C=CC([S-])=C1[S-].CCCCC1C=CC([S-])=C1[S-].[Ni]. The number of hydrogen-bond donors (Lipinski definition) is 0. The van der Waals surface area contributed by atoms with Gasteiger partial charge >= 0.3 is 0 Å². The molecule has 0 amide bonds. The molecule has 0 aromatic heterocycles. The summed E-state index contributed by atoms with van der Waals surface area (Å²) in [4.78, 5) is 3.71. The van der Waals surface area contributed by atoms with Gasteiger partial charge in [-0.2, -0.15) is 9.81 Å². The Labute approximate surface area is 174 Å². The normalized spacial score (nSPS) is 22.2. The summed E-state index contributed by atoms with van der Waals surface area (Å²) in [6, 6.07) is 0. The molecule has 0 bridgehead atoms. The van der Waals surface area contributed by atoms with Crippen molar-refractivity contribution in [3.8, 4) is 0 Å². The van der Waals surface area contributed by atoms with Crippen molar-refractivity contribution in [3.05, 3.63) is 43.9 Å². The third-order valence-corrected chi connectivity index (χ3v) is 5.87. The topological polar surface area (TPSA) is 0 Å². The van der Waals surface area contributed by atoms with Gasteiger partial charge in [0, 0.05) is 16.5 Å². The third kappa shape index (κ3) is 7.83. The van der Waals surface area contributed by atoms with Gasteiger partial charge in [-0.05, 0) is 24.7 Å². The molecule has 0 spiro atoms. The molecule has 0 fully saturated rings. The van der Waals surface area contributed by atoms with Gasteiger partial charge in [-0.15, -0.1) is 0 Å². The first-order valence-corrected chi connectivity index (χ1v) is 9.67. The van der Waals surface area contributed by atoms with Crippen molar-refractivity contribution in [2.24, 2.45) is 11.8 Å². The van der Waals surface area contributed by atoms with E-state index in [-0.39, 0.29) is 16.5 Å². The van der Waals surface area contributed by atoms with Crippen molar-refractivity contribution in [3.63, 3.8) is 0 Å². The molecule has 2 aliphatic rings. The second kappa shape index (κ2) is 12.7. The Morgan fingerprint density at radius 1 is 0.739 bits per heavy atom. The summed E-state index contributed by atoms with van der Waals surface area (Å²) in [5.74, 6) is 0.940. The number of unbranched alkanes of at least 4 members (excludes halogenated alkanes) is 2. The largest absolute Gasteiger partial charge is 0.785 e. The van der Waals surface area contributed by atoms with Crippen LogP contribution in [0.1, 0.15) is 52.4 Å². The van der Waals surface area contributed by atoms with Gasteiger partial charge in [0.05, 0.1) is 0 Å². The Morgan fingerprint density at radius 3 is 1.30 bits per heavy atom. The molecule has 0 radical (unpaired) electrons. The van der Waals surface area contributed by atoms with Crippen molar-refractivity contribution >= 4 is 50.5 Å². The van der Waals surface area contributed by atoms with E-state index < -0.39 is 0 Å². The fourth-order valence-corrected chi connectivity index (χ4v) is 3.40. The van der Waals surface area contributed by atoms with E-state index in [2.05, 4.69) is 26.0 Å². The second-order valence-electron chi connectivity index (χ2n) is 5.67. The molecular formula is C18H24NiS4-4. The van der Waals surface area contributed by atoms with E-state index in [0.29, 0.717) is 11.8 Å². The van der Waals surface area contributed by atoms with E-state index >= 15 is 0 Å². The van der Waals surface area contributed by atoms with Gasteiger partial charge < -0.3 is 50.5 Å². The molecule has 0 heterocycles.